The molecule has 0 aliphatic heterocycles. The van der Waals surface area contributed by atoms with Gasteiger partial charge in [-0.15, -0.1) is 0 Å². The van der Waals surface area contributed by atoms with Gasteiger partial charge in [0.1, 0.15) is 17.2 Å². The molecule has 0 spiro atoms. The van der Waals surface area contributed by atoms with Crippen LogP contribution in [-0.4, -0.2) is 52.9 Å². The summed E-state index contributed by atoms with van der Waals surface area (Å²) in [5.41, 5.74) is 0.979. The van der Waals surface area contributed by atoms with E-state index in [1.807, 2.05) is 0 Å². The number of carbonyl (C=O) groups excluding carboxylic acids is 2. The van der Waals surface area contributed by atoms with Crippen molar-refractivity contribution >= 4 is 40.7 Å². The molecule has 0 aliphatic rings. The molecule has 1 heterocycles. The molecular formula is C24H26ClN7O4. The Hall–Kier alpha value is -4.25. The molecule has 0 atom stereocenters. The molecule has 0 fully saturated rings. The van der Waals surface area contributed by atoms with Crippen LogP contribution in [0.4, 0.5) is 17.3 Å². The van der Waals surface area contributed by atoms with Gasteiger partial charge in [0, 0.05) is 55.3 Å². The number of nitrogens with one attached hydrogen (secondary N) is 4. The Morgan fingerprint density at radius 3 is 2.14 bits per heavy atom. The maximum absolute atomic E-state index is 12.5. The van der Waals surface area contributed by atoms with E-state index in [4.69, 9.17) is 11.6 Å². The molecule has 3 rings (SSSR count). The van der Waals surface area contributed by atoms with Gasteiger partial charge in [-0.05, 0) is 37.3 Å². The molecule has 0 saturated carbocycles. The van der Waals surface area contributed by atoms with Gasteiger partial charge in [-0.3, -0.25) is 19.7 Å². The standard InChI is InChI=1S/C24H26ClN7O4/c1-15-4-3-5-19(22(15)32(35)36)24(34)29-13-12-28-21-14-20(27-11-10-26-16(2)33)30-23(31-21)17-6-8-18(25)9-7-17/h3-9,14H,10-13H2,1-2H3,(H,26,33)(H,29,34)(H2,27,28,30,31). The number of aryl methyl sites for hydroxylation is 1. The van der Waals surface area contributed by atoms with Gasteiger partial charge in [0.25, 0.3) is 11.6 Å². The second-order valence-electron chi connectivity index (χ2n) is 7.79. The lowest BCUT2D eigenvalue weighted by molar-refractivity contribution is -0.385. The quantitative estimate of drug-likeness (QED) is 0.174. The van der Waals surface area contributed by atoms with Crippen LogP contribution in [0.15, 0.2) is 48.5 Å². The number of rotatable bonds is 11. The summed E-state index contributed by atoms with van der Waals surface area (Å²) in [6.45, 7) is 4.44. The summed E-state index contributed by atoms with van der Waals surface area (Å²) in [6.07, 6.45) is 0. The van der Waals surface area contributed by atoms with E-state index < -0.39 is 10.8 Å². The smallest absolute Gasteiger partial charge is 0.285 e. The van der Waals surface area contributed by atoms with Crippen LogP contribution in [0.25, 0.3) is 11.4 Å². The summed E-state index contributed by atoms with van der Waals surface area (Å²) in [6, 6.07) is 13.4. The van der Waals surface area contributed by atoms with Crippen LogP contribution in [0.1, 0.15) is 22.8 Å². The number of aromatic nitrogens is 2. The first-order valence-corrected chi connectivity index (χ1v) is 11.5. The number of carbonyl (C=O) groups is 2. The van der Waals surface area contributed by atoms with Crippen LogP contribution < -0.4 is 21.3 Å². The van der Waals surface area contributed by atoms with E-state index in [0.29, 0.717) is 47.7 Å². The molecule has 0 bridgehead atoms. The van der Waals surface area contributed by atoms with Crippen molar-refractivity contribution in [3.63, 3.8) is 0 Å². The fraction of sp³-hybridized carbons (Fsp3) is 0.250. The molecule has 188 valence electrons. The van der Waals surface area contributed by atoms with Crippen molar-refractivity contribution in [3.8, 4) is 11.4 Å². The third-order valence-corrected chi connectivity index (χ3v) is 5.27. The Morgan fingerprint density at radius 1 is 0.944 bits per heavy atom. The Labute approximate surface area is 212 Å². The number of halogens is 1. The summed E-state index contributed by atoms with van der Waals surface area (Å²) in [7, 11) is 0. The topological polar surface area (TPSA) is 151 Å². The highest BCUT2D eigenvalue weighted by molar-refractivity contribution is 6.30. The van der Waals surface area contributed by atoms with E-state index in [2.05, 4.69) is 31.2 Å². The van der Waals surface area contributed by atoms with Crippen LogP contribution in [0.5, 0.6) is 0 Å². The van der Waals surface area contributed by atoms with Gasteiger partial charge in [0.2, 0.25) is 5.91 Å². The monoisotopic (exact) mass is 511 g/mol. The van der Waals surface area contributed by atoms with Crippen molar-refractivity contribution in [1.29, 1.82) is 0 Å². The Balaban J connectivity index is 1.67. The second-order valence-corrected chi connectivity index (χ2v) is 8.23. The van der Waals surface area contributed by atoms with Gasteiger partial charge in [-0.1, -0.05) is 23.7 Å². The van der Waals surface area contributed by atoms with Crippen LogP contribution in [0.3, 0.4) is 0 Å². The minimum Gasteiger partial charge on any atom is -0.368 e. The normalized spacial score (nSPS) is 10.4. The van der Waals surface area contributed by atoms with Crippen molar-refractivity contribution < 1.29 is 14.5 Å². The molecule has 0 saturated heterocycles. The first-order valence-electron chi connectivity index (χ1n) is 11.1. The number of amides is 2. The summed E-state index contributed by atoms with van der Waals surface area (Å²) in [5.74, 6) is 0.854. The Kier molecular flexibility index (Phi) is 9.12. The molecule has 3 aromatic rings. The minimum atomic E-state index is -0.553. The fourth-order valence-corrected chi connectivity index (χ4v) is 3.46. The highest BCUT2D eigenvalue weighted by Crippen LogP contribution is 2.23. The summed E-state index contributed by atoms with van der Waals surface area (Å²) in [4.78, 5) is 43.5. The number of nitro groups is 1. The molecule has 2 aromatic carbocycles. The average Bonchev–Trinajstić information content (AvgIpc) is 2.84. The zero-order valence-corrected chi connectivity index (χ0v) is 20.6. The van der Waals surface area contributed by atoms with Crippen LogP contribution in [-0.2, 0) is 4.79 Å². The number of hydrogen-bond acceptors (Lipinski definition) is 8. The lowest BCUT2D eigenvalue weighted by Gasteiger charge is -2.12. The van der Waals surface area contributed by atoms with Crippen molar-refractivity contribution in [3.05, 3.63) is 74.8 Å². The summed E-state index contributed by atoms with van der Waals surface area (Å²) < 4.78 is 0. The zero-order chi connectivity index (χ0) is 26.1. The first-order chi connectivity index (χ1) is 17.2. The number of para-hydroxylation sites is 1. The number of nitro benzene ring substituents is 1. The van der Waals surface area contributed by atoms with Crippen molar-refractivity contribution in [2.24, 2.45) is 0 Å². The molecule has 12 heteroatoms. The third-order valence-electron chi connectivity index (χ3n) is 5.02. The van der Waals surface area contributed by atoms with Gasteiger partial charge >= 0.3 is 0 Å². The van der Waals surface area contributed by atoms with Gasteiger partial charge in [0.05, 0.1) is 4.92 Å². The Bertz CT molecular complexity index is 1250. The number of hydrogen-bond donors (Lipinski definition) is 4. The molecule has 2 amide bonds. The third kappa shape index (κ3) is 7.37. The average molecular weight is 512 g/mol. The van der Waals surface area contributed by atoms with E-state index in [0.717, 1.165) is 5.56 Å². The predicted molar refractivity (Wildman–Crippen MR) is 138 cm³/mol. The van der Waals surface area contributed by atoms with E-state index in [9.17, 15) is 19.7 Å². The minimum absolute atomic E-state index is 0.0118. The molecule has 36 heavy (non-hydrogen) atoms. The van der Waals surface area contributed by atoms with Crippen LogP contribution in [0, 0.1) is 17.0 Å². The van der Waals surface area contributed by atoms with Crippen LogP contribution in [0.2, 0.25) is 5.02 Å². The fourth-order valence-electron chi connectivity index (χ4n) is 3.33. The number of nitrogens with zero attached hydrogens (tertiary/aromatic N) is 3. The molecule has 4 N–H and O–H groups in total. The van der Waals surface area contributed by atoms with Crippen molar-refractivity contribution in [2.75, 3.05) is 36.8 Å². The Morgan fingerprint density at radius 2 is 1.56 bits per heavy atom. The SMILES string of the molecule is CC(=O)NCCNc1cc(NCCNC(=O)c2cccc(C)c2[N+](=O)[O-])nc(-c2ccc(Cl)cc2)n1. The summed E-state index contributed by atoms with van der Waals surface area (Å²) in [5, 5.41) is 23.6. The molecule has 0 unspecified atom stereocenters. The van der Waals surface area contributed by atoms with Crippen LogP contribution >= 0.6 is 11.6 Å². The summed E-state index contributed by atoms with van der Waals surface area (Å²) >= 11 is 5.99. The van der Waals surface area contributed by atoms with Gasteiger partial charge in [0.15, 0.2) is 5.82 Å². The predicted octanol–water partition coefficient (Wildman–Crippen LogP) is 3.40. The highest BCUT2D eigenvalue weighted by atomic mass is 35.5. The van der Waals surface area contributed by atoms with E-state index in [1.54, 1.807) is 49.4 Å². The van der Waals surface area contributed by atoms with E-state index in [-0.39, 0.29) is 23.7 Å². The van der Waals surface area contributed by atoms with Gasteiger partial charge in [-0.25, -0.2) is 9.97 Å². The maximum atomic E-state index is 12.5. The number of benzene rings is 2. The van der Waals surface area contributed by atoms with Crippen molar-refractivity contribution in [2.45, 2.75) is 13.8 Å². The molecule has 0 radical (unpaired) electrons. The largest absolute Gasteiger partial charge is 0.368 e. The molecular weight excluding hydrogens is 486 g/mol. The van der Waals surface area contributed by atoms with Crippen molar-refractivity contribution in [1.82, 2.24) is 20.6 Å². The molecule has 11 nitrogen and oxygen atoms in total. The van der Waals surface area contributed by atoms with E-state index >= 15 is 0 Å². The van der Waals surface area contributed by atoms with Gasteiger partial charge < -0.3 is 21.3 Å². The first kappa shape index (κ1) is 26.4. The second kappa shape index (κ2) is 12.5. The highest BCUT2D eigenvalue weighted by Gasteiger charge is 2.21. The maximum Gasteiger partial charge on any atom is 0.285 e. The molecule has 1 aromatic heterocycles. The number of anilines is 2. The van der Waals surface area contributed by atoms with Gasteiger partial charge in [-0.2, -0.15) is 0 Å². The van der Waals surface area contributed by atoms with E-state index in [1.165, 1.54) is 13.0 Å². The molecule has 0 aliphatic carbocycles. The zero-order valence-electron chi connectivity index (χ0n) is 19.8. The lowest BCUT2D eigenvalue weighted by atomic mass is 10.1. The lowest BCUT2D eigenvalue weighted by Crippen LogP contribution is -2.29.